The molecule has 2 N–H and O–H groups in total. The molecule has 0 aliphatic rings. The molecule has 0 aliphatic heterocycles. The quantitative estimate of drug-likeness (QED) is 0.657. The summed E-state index contributed by atoms with van der Waals surface area (Å²) in [5.74, 6) is -0.710. The highest BCUT2D eigenvalue weighted by atomic mass is 35.5. The molecule has 1 unspecified atom stereocenters. The highest BCUT2D eigenvalue weighted by Crippen LogP contribution is 1.87. The van der Waals surface area contributed by atoms with Gasteiger partial charge in [0, 0.05) is 12.6 Å². The van der Waals surface area contributed by atoms with Crippen molar-refractivity contribution in [1.82, 2.24) is 15.5 Å². The maximum atomic E-state index is 11.0. The predicted octanol–water partition coefficient (Wildman–Crippen LogP) is 0.00110. The van der Waals surface area contributed by atoms with E-state index in [-0.39, 0.29) is 11.9 Å². The number of nitrogens with zero attached hydrogens (tertiary/aromatic N) is 1. The summed E-state index contributed by atoms with van der Waals surface area (Å²) in [5, 5.41) is 4.64. The largest absolute Gasteiger partial charge is 0.336 e. The number of alkyl halides is 1. The Labute approximate surface area is 88.8 Å². The molecule has 0 saturated carbocycles. The Morgan fingerprint density at radius 3 is 2.43 bits per heavy atom. The highest BCUT2D eigenvalue weighted by Gasteiger charge is 2.08. The van der Waals surface area contributed by atoms with Gasteiger partial charge in [-0.05, 0) is 21.0 Å². The molecule has 0 aromatic heterocycles. The number of halogens is 1. The van der Waals surface area contributed by atoms with Crippen LogP contribution in [0.15, 0.2) is 0 Å². The van der Waals surface area contributed by atoms with Crippen molar-refractivity contribution >= 4 is 23.5 Å². The summed E-state index contributed by atoms with van der Waals surface area (Å²) in [6.07, 6.45) is 0. The van der Waals surface area contributed by atoms with E-state index >= 15 is 0 Å². The van der Waals surface area contributed by atoms with Crippen molar-refractivity contribution in [2.75, 3.05) is 26.5 Å². The molecule has 0 aromatic carbocycles. The Bertz CT molecular complexity index is 209. The Hall–Kier alpha value is -0.810. The van der Waals surface area contributed by atoms with Gasteiger partial charge in [0.05, 0.1) is 0 Å². The maximum absolute atomic E-state index is 11.0. The zero-order chi connectivity index (χ0) is 11.1. The van der Waals surface area contributed by atoms with Crippen molar-refractivity contribution in [2.45, 2.75) is 13.0 Å². The van der Waals surface area contributed by atoms with Gasteiger partial charge in [-0.2, -0.15) is 0 Å². The molecule has 1 atom stereocenters. The minimum Gasteiger partial charge on any atom is -0.336 e. The normalized spacial score (nSPS) is 12.4. The first-order valence-corrected chi connectivity index (χ1v) is 4.81. The van der Waals surface area contributed by atoms with E-state index in [2.05, 4.69) is 10.6 Å². The summed E-state index contributed by atoms with van der Waals surface area (Å²) in [6, 6.07) is -0.295. The van der Waals surface area contributed by atoms with Crippen molar-refractivity contribution < 1.29 is 9.59 Å². The first-order chi connectivity index (χ1) is 6.47. The third-order valence-electron chi connectivity index (χ3n) is 1.81. The molecule has 0 saturated heterocycles. The number of nitrogens with one attached hydrogen (secondary N) is 2. The molecule has 0 radical (unpaired) electrons. The molecule has 0 aromatic rings. The minimum absolute atomic E-state index is 0.212. The number of likely N-dealkylation sites (N-methyl/N-ethyl adjacent to an activating group) is 1. The summed E-state index contributed by atoms with van der Waals surface area (Å²) in [4.78, 5) is 23.7. The Morgan fingerprint density at radius 2 is 2.00 bits per heavy atom. The number of carbonyl (C=O) groups excluding carboxylic acids is 2. The van der Waals surface area contributed by atoms with Crippen molar-refractivity contribution in [1.29, 1.82) is 0 Å². The summed E-state index contributed by atoms with van der Waals surface area (Å²) in [6.45, 7) is 2.44. The molecule has 0 spiro atoms. The lowest BCUT2D eigenvalue weighted by Gasteiger charge is -2.19. The van der Waals surface area contributed by atoms with E-state index in [1.165, 1.54) is 0 Å². The number of urea groups is 1. The molecule has 0 bridgehead atoms. The minimum atomic E-state index is -0.510. The van der Waals surface area contributed by atoms with Crippen molar-refractivity contribution in [3.63, 3.8) is 0 Å². The van der Waals surface area contributed by atoms with Gasteiger partial charge in [-0.3, -0.25) is 10.1 Å². The first-order valence-electron chi connectivity index (χ1n) is 4.27. The fourth-order valence-electron chi connectivity index (χ4n) is 0.627. The zero-order valence-corrected chi connectivity index (χ0v) is 9.39. The van der Waals surface area contributed by atoms with Crippen LogP contribution in [-0.4, -0.2) is 49.4 Å². The second-order valence-corrected chi connectivity index (χ2v) is 3.47. The van der Waals surface area contributed by atoms with Crippen molar-refractivity contribution in [3.05, 3.63) is 0 Å². The topological polar surface area (TPSA) is 61.4 Å². The smallest absolute Gasteiger partial charge is 0.321 e. The average Bonchev–Trinajstić information content (AvgIpc) is 2.13. The predicted molar refractivity (Wildman–Crippen MR) is 55.4 cm³/mol. The van der Waals surface area contributed by atoms with Gasteiger partial charge in [0.1, 0.15) is 5.88 Å². The van der Waals surface area contributed by atoms with Crippen LogP contribution in [0.3, 0.4) is 0 Å². The Balaban J connectivity index is 3.69. The van der Waals surface area contributed by atoms with Crippen LogP contribution in [-0.2, 0) is 4.79 Å². The molecule has 0 fully saturated rings. The van der Waals surface area contributed by atoms with Gasteiger partial charge in [-0.25, -0.2) is 4.79 Å². The third-order valence-corrected chi connectivity index (χ3v) is 2.06. The molecular formula is C8H16ClN3O2. The summed E-state index contributed by atoms with van der Waals surface area (Å²) in [5.41, 5.74) is 0. The van der Waals surface area contributed by atoms with Crippen LogP contribution in [0.25, 0.3) is 0 Å². The molecule has 14 heavy (non-hydrogen) atoms. The van der Waals surface area contributed by atoms with Gasteiger partial charge >= 0.3 is 6.03 Å². The molecule has 6 heteroatoms. The zero-order valence-electron chi connectivity index (χ0n) is 8.63. The van der Waals surface area contributed by atoms with E-state index in [1.807, 2.05) is 25.9 Å². The lowest BCUT2D eigenvalue weighted by Crippen LogP contribution is -2.45. The van der Waals surface area contributed by atoms with E-state index < -0.39 is 11.9 Å². The number of carbonyl (C=O) groups is 2. The van der Waals surface area contributed by atoms with Crippen LogP contribution in [0.4, 0.5) is 4.79 Å². The Kier molecular flexibility index (Phi) is 6.23. The maximum Gasteiger partial charge on any atom is 0.321 e. The second-order valence-electron chi connectivity index (χ2n) is 3.20. The van der Waals surface area contributed by atoms with Crippen LogP contribution >= 0.6 is 11.6 Å². The van der Waals surface area contributed by atoms with Gasteiger partial charge < -0.3 is 10.2 Å². The van der Waals surface area contributed by atoms with E-state index in [4.69, 9.17) is 11.6 Å². The van der Waals surface area contributed by atoms with Gasteiger partial charge in [0.15, 0.2) is 0 Å². The van der Waals surface area contributed by atoms with Crippen molar-refractivity contribution in [2.24, 2.45) is 0 Å². The van der Waals surface area contributed by atoms with Gasteiger partial charge in [0.25, 0.3) is 0 Å². The Morgan fingerprint density at radius 1 is 1.43 bits per heavy atom. The molecule has 0 heterocycles. The van der Waals surface area contributed by atoms with Gasteiger partial charge in [0.2, 0.25) is 5.91 Å². The monoisotopic (exact) mass is 221 g/mol. The molecule has 0 rings (SSSR count). The van der Waals surface area contributed by atoms with Crippen LogP contribution in [0.5, 0.6) is 0 Å². The number of imide groups is 1. The number of hydrogen-bond acceptors (Lipinski definition) is 3. The molecule has 3 amide bonds. The molecule has 82 valence electrons. The lowest BCUT2D eigenvalue weighted by atomic mass is 10.3. The SMILES string of the molecule is CC(CNC(=O)NC(=O)CCl)N(C)C. The van der Waals surface area contributed by atoms with Crippen LogP contribution < -0.4 is 10.6 Å². The van der Waals surface area contributed by atoms with Crippen LogP contribution in [0.1, 0.15) is 6.92 Å². The van der Waals surface area contributed by atoms with Gasteiger partial charge in [-0.1, -0.05) is 0 Å². The van der Waals surface area contributed by atoms with Gasteiger partial charge in [-0.15, -0.1) is 11.6 Å². The standard InChI is InChI=1S/C8H16ClN3O2/c1-6(12(2)3)5-10-8(14)11-7(13)4-9/h6H,4-5H2,1-3H3,(H2,10,11,13,14). The molecule has 5 nitrogen and oxygen atoms in total. The summed E-state index contributed by atoms with van der Waals surface area (Å²) < 4.78 is 0. The number of rotatable bonds is 4. The fraction of sp³-hybridized carbons (Fsp3) is 0.750. The highest BCUT2D eigenvalue weighted by molar-refractivity contribution is 6.28. The van der Waals surface area contributed by atoms with E-state index in [9.17, 15) is 9.59 Å². The molecular weight excluding hydrogens is 206 g/mol. The van der Waals surface area contributed by atoms with E-state index in [1.54, 1.807) is 0 Å². The third kappa shape index (κ3) is 5.77. The number of amides is 3. The average molecular weight is 222 g/mol. The van der Waals surface area contributed by atoms with Crippen LogP contribution in [0, 0.1) is 0 Å². The second kappa shape index (κ2) is 6.62. The summed E-state index contributed by atoms with van der Waals surface area (Å²) >= 11 is 5.21. The fourth-order valence-corrected chi connectivity index (χ4v) is 0.694. The van der Waals surface area contributed by atoms with E-state index in [0.29, 0.717) is 6.54 Å². The first kappa shape index (κ1) is 13.2. The van der Waals surface area contributed by atoms with Crippen molar-refractivity contribution in [3.8, 4) is 0 Å². The lowest BCUT2D eigenvalue weighted by molar-refractivity contribution is -0.117. The number of hydrogen-bond donors (Lipinski definition) is 2. The molecule has 0 aliphatic carbocycles. The van der Waals surface area contributed by atoms with Crippen LogP contribution in [0.2, 0.25) is 0 Å². The summed E-state index contributed by atoms with van der Waals surface area (Å²) in [7, 11) is 3.82. The van der Waals surface area contributed by atoms with E-state index in [0.717, 1.165) is 0 Å².